The first kappa shape index (κ1) is 38.7. The molecule has 0 spiro atoms. The van der Waals surface area contributed by atoms with E-state index in [1.807, 2.05) is 66.7 Å². The molecule has 6 aromatic rings. The molecule has 59 heavy (non-hydrogen) atoms. The topological polar surface area (TPSA) is 147 Å². The molecule has 3 aromatic heterocycles. The molecule has 3 saturated heterocycles. The van der Waals surface area contributed by atoms with Crippen LogP contribution in [0.25, 0.3) is 28.0 Å². The smallest absolute Gasteiger partial charge is 0.332 e. The van der Waals surface area contributed by atoms with Gasteiger partial charge in [-0.2, -0.15) is 5.10 Å². The number of rotatable bonds is 12. The largest absolute Gasteiger partial charge is 0.457 e. The molecule has 0 atom stereocenters. The number of hydrogen-bond acceptors (Lipinski definition) is 11. The fourth-order valence-electron chi connectivity index (χ4n) is 9.05. The Morgan fingerprint density at radius 1 is 0.695 bits per heavy atom. The van der Waals surface area contributed by atoms with Crippen LogP contribution in [0.2, 0.25) is 0 Å². The number of H-pyrrole nitrogens is 1. The van der Waals surface area contributed by atoms with E-state index in [2.05, 4.69) is 51.4 Å². The normalized spacial score (nSPS) is 17.8. The van der Waals surface area contributed by atoms with Crippen LogP contribution in [0.4, 0.5) is 11.5 Å². The summed E-state index contributed by atoms with van der Waals surface area (Å²) in [7, 11) is 0. The van der Waals surface area contributed by atoms with Crippen molar-refractivity contribution in [3.63, 3.8) is 0 Å². The van der Waals surface area contributed by atoms with Gasteiger partial charge in [-0.15, -0.1) is 0 Å². The maximum Gasteiger partial charge on any atom is 0.332 e. The molecule has 14 nitrogen and oxygen atoms in total. The minimum absolute atomic E-state index is 0.258. The van der Waals surface area contributed by atoms with Crippen molar-refractivity contribution >= 4 is 22.5 Å². The third-order valence-electron chi connectivity index (χ3n) is 12.4. The number of ether oxygens (including phenoxy) is 1. The van der Waals surface area contributed by atoms with Crippen molar-refractivity contribution in [2.24, 2.45) is 5.92 Å². The van der Waals surface area contributed by atoms with E-state index in [4.69, 9.17) is 15.6 Å². The van der Waals surface area contributed by atoms with Gasteiger partial charge in [-0.1, -0.05) is 18.2 Å². The molecule has 0 radical (unpaired) electrons. The lowest BCUT2D eigenvalue weighted by atomic mass is 9.95. The van der Waals surface area contributed by atoms with Crippen molar-refractivity contribution in [2.45, 2.75) is 38.1 Å². The minimum atomic E-state index is -0.426. The number of nitrogens with two attached hydrogens (primary N) is 1. The Kier molecular flexibility index (Phi) is 11.5. The Labute approximate surface area is 343 Å². The Balaban J connectivity index is 0.698. The van der Waals surface area contributed by atoms with Gasteiger partial charge in [0, 0.05) is 69.3 Å². The lowest BCUT2D eigenvalue weighted by Crippen LogP contribution is -2.49. The number of benzene rings is 3. The van der Waals surface area contributed by atoms with Crippen molar-refractivity contribution in [2.75, 3.05) is 82.6 Å². The van der Waals surface area contributed by atoms with Crippen molar-refractivity contribution < 1.29 is 4.74 Å². The average molecular weight is 796 g/mol. The third-order valence-corrected chi connectivity index (χ3v) is 12.4. The monoisotopic (exact) mass is 795 g/mol. The summed E-state index contributed by atoms with van der Waals surface area (Å²) in [5.41, 5.74) is 10.1. The van der Waals surface area contributed by atoms with E-state index in [0.29, 0.717) is 5.82 Å². The number of likely N-dealkylation sites (tertiary alicyclic amines) is 2. The molecule has 3 aliphatic rings. The molecular weight excluding hydrogens is 743 g/mol. The van der Waals surface area contributed by atoms with Gasteiger partial charge in [-0.25, -0.2) is 19.4 Å². The molecule has 0 aliphatic carbocycles. The van der Waals surface area contributed by atoms with E-state index in [9.17, 15) is 9.59 Å². The lowest BCUT2D eigenvalue weighted by Gasteiger charge is -2.40. The molecule has 3 aliphatic heterocycles. The molecule has 6 heterocycles. The SMILES string of the molecule is Nc1ncnc2c1c(-c1ccc(Oc3ccccc3)cc1)nn2C1CCN(CCCN2CCC(CN3CCN(c4ccc(-n5ccc(=O)[nH]c5=O)cc4)CC3)CC2)CC1. The van der Waals surface area contributed by atoms with Crippen LogP contribution in [-0.2, 0) is 0 Å². The zero-order valence-corrected chi connectivity index (χ0v) is 33.5. The first-order valence-electron chi connectivity index (χ1n) is 21.1. The van der Waals surface area contributed by atoms with Crippen LogP contribution in [0.15, 0.2) is 107 Å². The summed E-state index contributed by atoms with van der Waals surface area (Å²) in [6, 6.07) is 27.4. The molecule has 3 aromatic carbocycles. The van der Waals surface area contributed by atoms with Gasteiger partial charge in [-0.3, -0.25) is 19.2 Å². The van der Waals surface area contributed by atoms with Gasteiger partial charge < -0.3 is 25.2 Å². The van der Waals surface area contributed by atoms with E-state index in [-0.39, 0.29) is 11.6 Å². The van der Waals surface area contributed by atoms with Gasteiger partial charge in [0.15, 0.2) is 5.65 Å². The molecule has 0 amide bonds. The Bertz CT molecular complexity index is 2420. The summed E-state index contributed by atoms with van der Waals surface area (Å²) in [4.78, 5) is 45.3. The van der Waals surface area contributed by atoms with E-state index >= 15 is 0 Å². The summed E-state index contributed by atoms with van der Waals surface area (Å²) < 4.78 is 9.57. The summed E-state index contributed by atoms with van der Waals surface area (Å²) >= 11 is 0. The van der Waals surface area contributed by atoms with Crippen LogP contribution in [0.3, 0.4) is 0 Å². The number of nitrogens with one attached hydrogen (secondary N) is 1. The standard InChI is InChI=1S/C45H53N11O3/c46-43-41-42(34-7-13-39(14-8-34)59-38-5-2-1-3-6-38)50-56(44(41)48-32-47-43)37-17-24-52(25-18-37)21-4-20-51-22-15-33(16-23-51)31-53-27-29-54(30-28-53)35-9-11-36(12-10-35)55-26-19-40(57)49-45(55)58/h1-3,5-14,19,26,32-33,37H,4,15-18,20-25,27-31H2,(H2,46,47,48)(H,49,57,58). The summed E-state index contributed by atoms with van der Waals surface area (Å²) in [6.07, 6.45) is 8.86. The lowest BCUT2D eigenvalue weighted by molar-refractivity contribution is 0.129. The molecule has 3 fully saturated rings. The summed E-state index contributed by atoms with van der Waals surface area (Å²) in [5.74, 6) is 2.78. The predicted octanol–water partition coefficient (Wildman–Crippen LogP) is 5.27. The fraction of sp³-hybridized carbons (Fsp3) is 0.400. The first-order chi connectivity index (χ1) is 28.9. The minimum Gasteiger partial charge on any atom is -0.457 e. The van der Waals surface area contributed by atoms with Crippen molar-refractivity contribution in [3.05, 3.63) is 118 Å². The van der Waals surface area contributed by atoms with Crippen LogP contribution in [0, 0.1) is 5.92 Å². The van der Waals surface area contributed by atoms with Crippen LogP contribution in [-0.4, -0.2) is 116 Å². The van der Waals surface area contributed by atoms with Crippen LogP contribution < -0.4 is 26.6 Å². The van der Waals surface area contributed by atoms with Gasteiger partial charge in [0.1, 0.15) is 29.3 Å². The van der Waals surface area contributed by atoms with E-state index in [1.54, 1.807) is 6.33 Å². The quantitative estimate of drug-likeness (QED) is 0.167. The summed E-state index contributed by atoms with van der Waals surface area (Å²) in [6.45, 7) is 12.1. The molecule has 3 N–H and O–H groups in total. The molecular formula is C45H53N11O3. The first-order valence-corrected chi connectivity index (χ1v) is 21.1. The second-order valence-corrected chi connectivity index (χ2v) is 16.2. The number of nitrogen functional groups attached to an aromatic ring is 1. The molecule has 0 unspecified atom stereocenters. The zero-order chi connectivity index (χ0) is 40.1. The molecule has 0 bridgehead atoms. The number of anilines is 2. The number of aromatic nitrogens is 6. The maximum atomic E-state index is 12.2. The molecule has 306 valence electrons. The fourth-order valence-corrected chi connectivity index (χ4v) is 9.05. The van der Waals surface area contributed by atoms with Crippen LogP contribution >= 0.6 is 0 Å². The Morgan fingerprint density at radius 2 is 1.36 bits per heavy atom. The maximum absolute atomic E-state index is 12.2. The Morgan fingerprint density at radius 3 is 2.05 bits per heavy atom. The summed E-state index contributed by atoms with van der Waals surface area (Å²) in [5, 5.41) is 5.94. The highest BCUT2D eigenvalue weighted by Gasteiger charge is 2.27. The van der Waals surface area contributed by atoms with E-state index in [0.717, 1.165) is 104 Å². The van der Waals surface area contributed by atoms with E-state index < -0.39 is 5.69 Å². The Hall–Kier alpha value is -5.83. The molecule has 0 saturated carbocycles. The average Bonchev–Trinajstić information content (AvgIpc) is 3.67. The number of hydrogen-bond donors (Lipinski definition) is 2. The molecule has 9 rings (SSSR count). The van der Waals surface area contributed by atoms with Crippen molar-refractivity contribution in [3.8, 4) is 28.4 Å². The second kappa shape index (κ2) is 17.6. The van der Waals surface area contributed by atoms with Crippen LogP contribution in [0.5, 0.6) is 11.5 Å². The van der Waals surface area contributed by atoms with Gasteiger partial charge in [0.05, 0.1) is 17.1 Å². The zero-order valence-electron chi connectivity index (χ0n) is 33.5. The van der Waals surface area contributed by atoms with Crippen molar-refractivity contribution in [1.82, 2.24) is 44.0 Å². The van der Waals surface area contributed by atoms with E-state index in [1.165, 1.54) is 68.0 Å². The van der Waals surface area contributed by atoms with Gasteiger partial charge in [0.25, 0.3) is 5.56 Å². The second-order valence-electron chi connectivity index (χ2n) is 16.2. The third kappa shape index (κ3) is 8.94. The number of para-hydroxylation sites is 1. The van der Waals surface area contributed by atoms with Gasteiger partial charge in [0.2, 0.25) is 0 Å². The predicted molar refractivity (Wildman–Crippen MR) is 231 cm³/mol. The molecule has 14 heteroatoms. The van der Waals surface area contributed by atoms with Crippen molar-refractivity contribution in [1.29, 1.82) is 0 Å². The highest BCUT2D eigenvalue weighted by atomic mass is 16.5. The number of piperidine rings is 2. The van der Waals surface area contributed by atoms with Crippen LogP contribution in [0.1, 0.15) is 38.1 Å². The highest BCUT2D eigenvalue weighted by Crippen LogP contribution is 2.35. The number of piperazine rings is 1. The van der Waals surface area contributed by atoms with Gasteiger partial charge >= 0.3 is 5.69 Å². The van der Waals surface area contributed by atoms with Gasteiger partial charge in [-0.05, 0) is 125 Å². The number of nitrogens with zero attached hydrogens (tertiary/aromatic N) is 9. The highest BCUT2D eigenvalue weighted by molar-refractivity contribution is 5.98. The number of aromatic amines is 1. The number of fused-ring (bicyclic) bond motifs is 1.